The molecule has 24 heavy (non-hydrogen) atoms. The van der Waals surface area contributed by atoms with Gasteiger partial charge < -0.3 is 4.90 Å². The van der Waals surface area contributed by atoms with Crippen molar-refractivity contribution < 1.29 is 4.79 Å². The van der Waals surface area contributed by atoms with Crippen LogP contribution in [0.5, 0.6) is 0 Å². The number of amides is 1. The Morgan fingerprint density at radius 2 is 1.83 bits per heavy atom. The number of carbonyl (C=O) groups is 1. The highest BCUT2D eigenvalue weighted by Gasteiger charge is 2.20. The summed E-state index contributed by atoms with van der Waals surface area (Å²) in [5.74, 6) is 0.279. The van der Waals surface area contributed by atoms with Gasteiger partial charge in [-0.2, -0.15) is 22.7 Å². The van der Waals surface area contributed by atoms with Crippen LogP contribution in [0, 0.1) is 0 Å². The summed E-state index contributed by atoms with van der Waals surface area (Å²) in [7, 11) is 0. The first-order valence-corrected chi connectivity index (χ1v) is 10.0. The fourth-order valence-electron chi connectivity index (χ4n) is 3.12. The lowest BCUT2D eigenvalue weighted by molar-refractivity contribution is -0.127. The van der Waals surface area contributed by atoms with Gasteiger partial charge in [0.15, 0.2) is 0 Å². The zero-order valence-electron chi connectivity index (χ0n) is 13.3. The van der Waals surface area contributed by atoms with Crippen LogP contribution in [0.2, 0.25) is 0 Å². The van der Waals surface area contributed by atoms with Crippen molar-refractivity contribution in [1.82, 2.24) is 9.88 Å². The van der Waals surface area contributed by atoms with Gasteiger partial charge in [0.25, 0.3) is 0 Å². The number of thiophene rings is 2. The SMILES string of the molecule is O=C1CCCN1CCc1nc(-c2ccsc2)ccc1-c1ccsc1. The molecule has 3 aromatic heterocycles. The lowest BCUT2D eigenvalue weighted by atomic mass is 10.0. The second-order valence-electron chi connectivity index (χ2n) is 5.95. The van der Waals surface area contributed by atoms with Gasteiger partial charge in [0, 0.05) is 42.4 Å². The maximum absolute atomic E-state index is 11.9. The number of pyridine rings is 1. The van der Waals surface area contributed by atoms with Gasteiger partial charge in [-0.15, -0.1) is 0 Å². The van der Waals surface area contributed by atoms with Gasteiger partial charge in [0.1, 0.15) is 0 Å². The fourth-order valence-corrected chi connectivity index (χ4v) is 4.43. The molecule has 0 saturated carbocycles. The molecule has 0 atom stereocenters. The molecule has 1 fully saturated rings. The average Bonchev–Trinajstić information content (AvgIpc) is 3.35. The van der Waals surface area contributed by atoms with Crippen molar-refractivity contribution >= 4 is 28.6 Å². The van der Waals surface area contributed by atoms with Crippen LogP contribution in [0.15, 0.2) is 45.8 Å². The minimum absolute atomic E-state index is 0.279. The summed E-state index contributed by atoms with van der Waals surface area (Å²) >= 11 is 3.38. The van der Waals surface area contributed by atoms with Gasteiger partial charge >= 0.3 is 0 Å². The van der Waals surface area contributed by atoms with Gasteiger partial charge in [-0.25, -0.2) is 0 Å². The van der Waals surface area contributed by atoms with Gasteiger partial charge in [-0.05, 0) is 46.3 Å². The van der Waals surface area contributed by atoms with Crippen LogP contribution >= 0.6 is 22.7 Å². The summed E-state index contributed by atoms with van der Waals surface area (Å²) in [6.07, 6.45) is 2.48. The number of hydrogen-bond donors (Lipinski definition) is 0. The van der Waals surface area contributed by atoms with E-state index in [1.165, 1.54) is 11.1 Å². The first kappa shape index (κ1) is 15.5. The van der Waals surface area contributed by atoms with Gasteiger partial charge in [0.05, 0.1) is 11.4 Å². The maximum atomic E-state index is 11.9. The third-order valence-electron chi connectivity index (χ3n) is 4.41. The number of nitrogens with zero attached hydrogens (tertiary/aromatic N) is 2. The minimum Gasteiger partial charge on any atom is -0.342 e. The summed E-state index contributed by atoms with van der Waals surface area (Å²) < 4.78 is 0. The first-order valence-electron chi connectivity index (χ1n) is 8.14. The molecule has 1 aliphatic rings. The Labute approximate surface area is 149 Å². The number of aromatic nitrogens is 1. The van der Waals surface area contributed by atoms with Gasteiger partial charge in [-0.3, -0.25) is 9.78 Å². The molecule has 0 bridgehead atoms. The lowest BCUT2D eigenvalue weighted by Crippen LogP contribution is -2.27. The summed E-state index contributed by atoms with van der Waals surface area (Å²) in [5.41, 5.74) is 5.65. The molecule has 1 amide bonds. The van der Waals surface area contributed by atoms with Crippen molar-refractivity contribution in [3.63, 3.8) is 0 Å². The van der Waals surface area contributed by atoms with Crippen molar-refractivity contribution in [2.45, 2.75) is 19.3 Å². The van der Waals surface area contributed by atoms with Crippen LogP contribution in [0.4, 0.5) is 0 Å². The van der Waals surface area contributed by atoms with E-state index in [4.69, 9.17) is 4.98 Å². The standard InChI is InChI=1S/C19H18N2OS2/c22-19-2-1-8-21(19)9-5-18-16(14-6-10-23-12-14)3-4-17(20-18)15-7-11-24-13-15/h3-4,6-7,10-13H,1-2,5,8-9H2. The van der Waals surface area contributed by atoms with E-state index in [-0.39, 0.29) is 5.91 Å². The summed E-state index contributed by atoms with van der Waals surface area (Å²) in [5, 5.41) is 8.45. The number of carbonyl (C=O) groups excluding carboxylic acids is 1. The Balaban J connectivity index is 1.65. The predicted octanol–water partition coefficient (Wildman–Crippen LogP) is 4.70. The van der Waals surface area contributed by atoms with E-state index in [0.717, 1.165) is 42.9 Å². The summed E-state index contributed by atoms with van der Waals surface area (Å²) in [6.45, 7) is 1.65. The van der Waals surface area contributed by atoms with Crippen molar-refractivity contribution in [2.24, 2.45) is 0 Å². The van der Waals surface area contributed by atoms with E-state index in [2.05, 4.69) is 45.8 Å². The van der Waals surface area contributed by atoms with E-state index in [0.29, 0.717) is 6.42 Å². The van der Waals surface area contributed by atoms with Crippen molar-refractivity contribution in [3.8, 4) is 22.4 Å². The second kappa shape index (κ2) is 6.87. The number of hydrogen-bond acceptors (Lipinski definition) is 4. The van der Waals surface area contributed by atoms with Crippen molar-refractivity contribution in [2.75, 3.05) is 13.1 Å². The van der Waals surface area contributed by atoms with E-state index >= 15 is 0 Å². The van der Waals surface area contributed by atoms with Crippen molar-refractivity contribution in [3.05, 3.63) is 51.5 Å². The number of rotatable bonds is 5. The molecule has 0 aromatic carbocycles. The Morgan fingerprint density at radius 3 is 2.50 bits per heavy atom. The second-order valence-corrected chi connectivity index (χ2v) is 7.51. The third-order valence-corrected chi connectivity index (χ3v) is 5.78. The predicted molar refractivity (Wildman–Crippen MR) is 100 cm³/mol. The van der Waals surface area contributed by atoms with Crippen LogP contribution in [-0.2, 0) is 11.2 Å². The molecule has 3 aromatic rings. The maximum Gasteiger partial charge on any atom is 0.222 e. The van der Waals surface area contributed by atoms with E-state index in [9.17, 15) is 4.79 Å². The Bertz CT molecular complexity index is 825. The molecule has 0 spiro atoms. The largest absolute Gasteiger partial charge is 0.342 e. The monoisotopic (exact) mass is 354 g/mol. The molecule has 1 aliphatic heterocycles. The molecule has 4 heterocycles. The molecule has 4 rings (SSSR count). The minimum atomic E-state index is 0.279. The van der Waals surface area contributed by atoms with E-state index in [1.54, 1.807) is 22.7 Å². The quantitative estimate of drug-likeness (QED) is 0.665. The van der Waals surface area contributed by atoms with Crippen LogP contribution in [-0.4, -0.2) is 28.9 Å². The highest BCUT2D eigenvalue weighted by Crippen LogP contribution is 2.29. The molecule has 122 valence electrons. The van der Waals surface area contributed by atoms with Crippen LogP contribution in [0.3, 0.4) is 0 Å². The topological polar surface area (TPSA) is 33.2 Å². The Kier molecular flexibility index (Phi) is 4.45. The summed E-state index contributed by atoms with van der Waals surface area (Å²) in [6, 6.07) is 8.50. The molecular weight excluding hydrogens is 336 g/mol. The normalized spacial score (nSPS) is 14.5. The zero-order valence-corrected chi connectivity index (χ0v) is 14.9. The van der Waals surface area contributed by atoms with E-state index in [1.807, 2.05) is 4.90 Å². The Morgan fingerprint density at radius 1 is 1.04 bits per heavy atom. The average molecular weight is 355 g/mol. The molecule has 0 radical (unpaired) electrons. The molecule has 0 aliphatic carbocycles. The lowest BCUT2D eigenvalue weighted by Gasteiger charge is -2.16. The molecule has 0 N–H and O–H groups in total. The zero-order chi connectivity index (χ0) is 16.4. The smallest absolute Gasteiger partial charge is 0.222 e. The van der Waals surface area contributed by atoms with Crippen LogP contribution in [0.25, 0.3) is 22.4 Å². The molecular formula is C19H18N2OS2. The molecule has 5 heteroatoms. The summed E-state index contributed by atoms with van der Waals surface area (Å²) in [4.78, 5) is 18.8. The first-order chi connectivity index (χ1) is 11.8. The van der Waals surface area contributed by atoms with Gasteiger partial charge in [-0.1, -0.05) is 6.07 Å². The van der Waals surface area contributed by atoms with Crippen molar-refractivity contribution in [1.29, 1.82) is 0 Å². The Hall–Kier alpha value is -1.98. The molecule has 1 saturated heterocycles. The molecule has 0 unspecified atom stereocenters. The van der Waals surface area contributed by atoms with Gasteiger partial charge in [0.2, 0.25) is 5.91 Å². The highest BCUT2D eigenvalue weighted by atomic mass is 32.1. The van der Waals surface area contributed by atoms with E-state index < -0.39 is 0 Å². The highest BCUT2D eigenvalue weighted by molar-refractivity contribution is 7.08. The number of likely N-dealkylation sites (tertiary alicyclic amines) is 1. The molecule has 3 nitrogen and oxygen atoms in total. The van der Waals surface area contributed by atoms with Crippen LogP contribution < -0.4 is 0 Å². The van der Waals surface area contributed by atoms with Crippen LogP contribution in [0.1, 0.15) is 18.5 Å². The third kappa shape index (κ3) is 3.14. The fraction of sp³-hybridized carbons (Fsp3) is 0.263.